The number of aryl methyl sites for hydroxylation is 1. The van der Waals surface area contributed by atoms with Gasteiger partial charge in [-0.2, -0.15) is 10.4 Å². The fourth-order valence-corrected chi connectivity index (χ4v) is 4.18. The summed E-state index contributed by atoms with van der Waals surface area (Å²) in [6, 6.07) is 13.4. The van der Waals surface area contributed by atoms with E-state index < -0.39 is 6.10 Å². The van der Waals surface area contributed by atoms with Gasteiger partial charge < -0.3 is 15.1 Å². The highest BCUT2D eigenvalue weighted by atomic mass is 16.3. The lowest BCUT2D eigenvalue weighted by molar-refractivity contribution is 0.198. The molecule has 0 bridgehead atoms. The summed E-state index contributed by atoms with van der Waals surface area (Å²) in [5.74, 6) is 1.10. The molecule has 0 aliphatic carbocycles. The molecule has 2 N–H and O–H groups in total. The Hall–Kier alpha value is -3.74. The second kappa shape index (κ2) is 7.75. The van der Waals surface area contributed by atoms with Gasteiger partial charge in [0, 0.05) is 30.0 Å². The minimum atomic E-state index is -0.751. The van der Waals surface area contributed by atoms with Gasteiger partial charge in [-0.05, 0) is 56.7 Å². The number of anilines is 1. The van der Waals surface area contributed by atoms with Crippen LogP contribution in [0.3, 0.4) is 0 Å². The van der Waals surface area contributed by atoms with E-state index in [1.165, 1.54) is 0 Å². The van der Waals surface area contributed by atoms with Gasteiger partial charge in [0.25, 0.3) is 0 Å². The summed E-state index contributed by atoms with van der Waals surface area (Å²) < 4.78 is 3.47. The first kappa shape index (κ1) is 20.2. The number of fused-ring (bicyclic) bond motifs is 1. The highest BCUT2D eigenvalue weighted by Crippen LogP contribution is 2.28. The number of aliphatic hydroxyl groups excluding tert-OH is 2. The molecule has 3 aromatic heterocycles. The minimum Gasteiger partial charge on any atom is -0.391 e. The molecule has 4 heterocycles. The highest BCUT2D eigenvalue weighted by molar-refractivity contribution is 5.81. The number of rotatable bonds is 4. The second-order valence-corrected chi connectivity index (χ2v) is 8.13. The zero-order chi connectivity index (χ0) is 22.4. The Labute approximate surface area is 184 Å². The second-order valence-electron chi connectivity index (χ2n) is 8.13. The van der Waals surface area contributed by atoms with E-state index in [1.807, 2.05) is 47.9 Å². The number of benzene rings is 1. The molecule has 1 fully saturated rings. The fourth-order valence-electron chi connectivity index (χ4n) is 4.18. The number of hydrogen-bond acceptors (Lipinski definition) is 7. The summed E-state index contributed by atoms with van der Waals surface area (Å²) in [6.45, 7) is 4.98. The molecule has 5 rings (SSSR count). The van der Waals surface area contributed by atoms with Crippen LogP contribution in [0.5, 0.6) is 0 Å². The maximum absolute atomic E-state index is 10.3. The molecule has 2 atom stereocenters. The molecule has 1 aromatic carbocycles. The van der Waals surface area contributed by atoms with Crippen molar-refractivity contribution >= 4 is 16.7 Å². The monoisotopic (exact) mass is 429 g/mol. The Morgan fingerprint density at radius 3 is 2.75 bits per heavy atom. The van der Waals surface area contributed by atoms with Crippen molar-refractivity contribution in [1.29, 1.82) is 5.26 Å². The Bertz CT molecular complexity index is 1350. The van der Waals surface area contributed by atoms with Crippen LogP contribution in [0.15, 0.2) is 42.7 Å². The maximum atomic E-state index is 10.3. The van der Waals surface area contributed by atoms with E-state index in [4.69, 9.17) is 4.98 Å². The first-order chi connectivity index (χ1) is 15.4. The van der Waals surface area contributed by atoms with Crippen molar-refractivity contribution in [3.05, 3.63) is 59.7 Å². The van der Waals surface area contributed by atoms with Crippen molar-refractivity contribution in [3.8, 4) is 17.7 Å². The highest BCUT2D eigenvalue weighted by Gasteiger charge is 2.21. The third kappa shape index (κ3) is 3.39. The molecule has 0 radical (unpaired) electrons. The van der Waals surface area contributed by atoms with Gasteiger partial charge >= 0.3 is 0 Å². The topological polar surface area (TPSA) is 116 Å². The molecule has 0 spiro atoms. The standard InChI is InChI=1S/C23H23N7O2/c1-14-9-16(11-24)27-30(14)23-19(15(2)31)4-6-22(26-23)29-13-25-20-10-17(3-5-21(20)29)28-8-7-18(32)12-28/h3-6,9-10,13,15,18,31-32H,7-8,12H2,1-2H3/t15?,18-/m1/s1. The molecule has 0 saturated carbocycles. The first-order valence-electron chi connectivity index (χ1n) is 10.5. The quantitative estimate of drug-likeness (QED) is 0.512. The van der Waals surface area contributed by atoms with Gasteiger partial charge in [-0.1, -0.05) is 0 Å². The summed E-state index contributed by atoms with van der Waals surface area (Å²) in [7, 11) is 0. The molecular formula is C23H23N7O2. The first-order valence-corrected chi connectivity index (χ1v) is 10.5. The Morgan fingerprint density at radius 2 is 2.06 bits per heavy atom. The Balaban J connectivity index is 1.59. The summed E-state index contributed by atoms with van der Waals surface area (Å²) in [4.78, 5) is 11.5. The van der Waals surface area contributed by atoms with E-state index in [1.54, 1.807) is 24.0 Å². The molecule has 1 aliphatic rings. The largest absolute Gasteiger partial charge is 0.391 e. The SMILES string of the molecule is Cc1cc(C#N)nn1-c1nc(-n2cnc3cc(N4CC[C@@H](O)C4)ccc32)ccc1C(C)O. The fraction of sp³-hybridized carbons (Fsp3) is 0.304. The molecule has 1 saturated heterocycles. The minimum absolute atomic E-state index is 0.286. The van der Waals surface area contributed by atoms with Gasteiger partial charge in [-0.15, -0.1) is 0 Å². The molecule has 1 aliphatic heterocycles. The molecule has 1 unspecified atom stereocenters. The van der Waals surface area contributed by atoms with Gasteiger partial charge in [-0.3, -0.25) is 4.57 Å². The summed E-state index contributed by atoms with van der Waals surface area (Å²) in [5, 5.41) is 33.6. The van der Waals surface area contributed by atoms with Crippen LogP contribution < -0.4 is 4.90 Å². The van der Waals surface area contributed by atoms with Crippen LogP contribution in [0.2, 0.25) is 0 Å². The molecule has 0 amide bonds. The van der Waals surface area contributed by atoms with Crippen LogP contribution in [0.4, 0.5) is 5.69 Å². The van der Waals surface area contributed by atoms with Crippen molar-refractivity contribution in [2.75, 3.05) is 18.0 Å². The summed E-state index contributed by atoms with van der Waals surface area (Å²) in [5.41, 5.74) is 4.41. The lowest BCUT2D eigenvalue weighted by Gasteiger charge is -2.18. The van der Waals surface area contributed by atoms with Crippen molar-refractivity contribution < 1.29 is 10.2 Å². The van der Waals surface area contributed by atoms with Crippen LogP contribution in [0.1, 0.15) is 36.4 Å². The molecule has 9 heteroatoms. The average molecular weight is 429 g/mol. The Kier molecular flexibility index (Phi) is 4.89. The zero-order valence-corrected chi connectivity index (χ0v) is 17.8. The number of pyridine rings is 1. The van der Waals surface area contributed by atoms with Gasteiger partial charge in [0.2, 0.25) is 0 Å². The summed E-state index contributed by atoms with van der Waals surface area (Å²) >= 11 is 0. The van der Waals surface area contributed by atoms with Gasteiger partial charge in [0.05, 0.1) is 23.2 Å². The predicted octanol–water partition coefficient (Wildman–Crippen LogP) is 2.41. The van der Waals surface area contributed by atoms with E-state index in [2.05, 4.69) is 15.0 Å². The third-order valence-corrected chi connectivity index (χ3v) is 5.85. The lowest BCUT2D eigenvalue weighted by Crippen LogP contribution is -2.20. The number of nitrogens with zero attached hydrogens (tertiary/aromatic N) is 7. The molecule has 162 valence electrons. The molecule has 32 heavy (non-hydrogen) atoms. The van der Waals surface area contributed by atoms with Gasteiger partial charge in [-0.25, -0.2) is 14.6 Å². The van der Waals surface area contributed by atoms with Crippen LogP contribution in [0, 0.1) is 18.3 Å². The van der Waals surface area contributed by atoms with E-state index in [9.17, 15) is 15.5 Å². The normalized spacial score (nSPS) is 17.1. The zero-order valence-electron chi connectivity index (χ0n) is 17.8. The van der Waals surface area contributed by atoms with Crippen LogP contribution in [0.25, 0.3) is 22.7 Å². The number of β-amino-alcohol motifs (C(OH)–C–C–N with tert-alkyl or cyclic N) is 1. The smallest absolute Gasteiger partial charge is 0.163 e. The summed E-state index contributed by atoms with van der Waals surface area (Å²) in [6.07, 6.45) is 1.46. The van der Waals surface area contributed by atoms with Crippen molar-refractivity contribution in [2.24, 2.45) is 0 Å². The number of nitriles is 1. The van der Waals surface area contributed by atoms with Gasteiger partial charge in [0.15, 0.2) is 11.5 Å². The predicted molar refractivity (Wildman–Crippen MR) is 119 cm³/mol. The lowest BCUT2D eigenvalue weighted by atomic mass is 10.1. The number of aromatic nitrogens is 5. The van der Waals surface area contributed by atoms with E-state index in [0.29, 0.717) is 29.4 Å². The van der Waals surface area contributed by atoms with E-state index in [0.717, 1.165) is 35.4 Å². The van der Waals surface area contributed by atoms with E-state index in [-0.39, 0.29) is 6.10 Å². The maximum Gasteiger partial charge on any atom is 0.163 e. The Morgan fingerprint density at radius 1 is 1.22 bits per heavy atom. The molecule has 9 nitrogen and oxygen atoms in total. The average Bonchev–Trinajstić information content (AvgIpc) is 3.50. The van der Waals surface area contributed by atoms with Crippen LogP contribution >= 0.6 is 0 Å². The van der Waals surface area contributed by atoms with Crippen molar-refractivity contribution in [2.45, 2.75) is 32.5 Å². The third-order valence-electron chi connectivity index (χ3n) is 5.85. The van der Waals surface area contributed by atoms with Crippen molar-refractivity contribution in [1.82, 2.24) is 24.3 Å². The van der Waals surface area contributed by atoms with Crippen LogP contribution in [-0.4, -0.2) is 53.7 Å². The van der Waals surface area contributed by atoms with Crippen molar-refractivity contribution in [3.63, 3.8) is 0 Å². The van der Waals surface area contributed by atoms with Gasteiger partial charge in [0.1, 0.15) is 18.2 Å². The molecule has 4 aromatic rings. The number of aliphatic hydroxyl groups is 2. The van der Waals surface area contributed by atoms with Crippen LogP contribution in [-0.2, 0) is 0 Å². The molecular weight excluding hydrogens is 406 g/mol. The van der Waals surface area contributed by atoms with E-state index >= 15 is 0 Å². The number of imidazole rings is 1. The number of hydrogen-bond donors (Lipinski definition) is 2.